The Labute approximate surface area is 129 Å². The third kappa shape index (κ3) is 2.70. The van der Waals surface area contributed by atoms with Gasteiger partial charge in [0, 0.05) is 23.6 Å². The minimum atomic E-state index is 0.732. The van der Waals surface area contributed by atoms with Crippen LogP contribution in [0.5, 0.6) is 0 Å². The molecule has 0 aromatic heterocycles. The van der Waals surface area contributed by atoms with Crippen LogP contribution in [-0.4, -0.2) is 25.7 Å². The monoisotopic (exact) mass is 333 g/mol. The lowest BCUT2D eigenvalue weighted by Crippen LogP contribution is -2.41. The Morgan fingerprint density at radius 3 is 2.70 bits per heavy atom. The summed E-state index contributed by atoms with van der Waals surface area (Å²) in [5, 5.41) is 13.0. The van der Waals surface area contributed by atoms with Crippen LogP contribution in [0.1, 0.15) is 31.2 Å². The van der Waals surface area contributed by atoms with Gasteiger partial charge < -0.3 is 10.2 Å². The molecule has 2 fully saturated rings. The molecule has 1 atom stereocenters. The van der Waals surface area contributed by atoms with Crippen molar-refractivity contribution in [2.45, 2.75) is 31.7 Å². The summed E-state index contributed by atoms with van der Waals surface area (Å²) in [6, 6.07) is 9.09. The fraction of sp³-hybridized carbons (Fsp3) is 0.562. The van der Waals surface area contributed by atoms with E-state index in [1.807, 2.05) is 12.1 Å². The van der Waals surface area contributed by atoms with Crippen LogP contribution in [-0.2, 0) is 0 Å². The number of anilines is 1. The molecular weight excluding hydrogens is 314 g/mol. The molecule has 0 saturated carbocycles. The SMILES string of the molecule is N#Cc1c(Br)cccc1N1CCC(C2CCCN2)CC1. The van der Waals surface area contributed by atoms with Gasteiger partial charge in [0.25, 0.3) is 0 Å². The number of benzene rings is 1. The fourth-order valence-corrected chi connectivity index (χ4v) is 3.99. The maximum absolute atomic E-state index is 9.34. The van der Waals surface area contributed by atoms with Crippen molar-refractivity contribution in [1.82, 2.24) is 5.32 Å². The first-order valence-corrected chi connectivity index (χ1v) is 8.26. The highest BCUT2D eigenvalue weighted by molar-refractivity contribution is 9.10. The second kappa shape index (κ2) is 6.15. The summed E-state index contributed by atoms with van der Waals surface area (Å²) in [4.78, 5) is 2.37. The van der Waals surface area contributed by atoms with Crippen molar-refractivity contribution in [1.29, 1.82) is 5.26 Å². The molecule has 0 aliphatic carbocycles. The molecule has 1 aromatic carbocycles. The highest BCUT2D eigenvalue weighted by Gasteiger charge is 2.29. The molecule has 106 valence electrons. The van der Waals surface area contributed by atoms with Crippen LogP contribution in [0.4, 0.5) is 5.69 Å². The molecule has 2 aliphatic heterocycles. The molecule has 1 aromatic rings. The molecule has 1 N–H and O–H groups in total. The number of hydrogen-bond donors (Lipinski definition) is 1. The number of nitriles is 1. The summed E-state index contributed by atoms with van der Waals surface area (Å²) >= 11 is 3.48. The van der Waals surface area contributed by atoms with Gasteiger partial charge in [-0.1, -0.05) is 6.07 Å². The number of piperidine rings is 1. The third-order valence-corrected chi connectivity index (χ3v) is 5.31. The zero-order chi connectivity index (χ0) is 13.9. The fourth-order valence-electron chi connectivity index (χ4n) is 3.54. The van der Waals surface area contributed by atoms with Gasteiger partial charge in [0.1, 0.15) is 6.07 Å². The van der Waals surface area contributed by atoms with Crippen LogP contribution in [0.15, 0.2) is 22.7 Å². The summed E-state index contributed by atoms with van der Waals surface area (Å²) in [6.07, 6.45) is 5.13. The van der Waals surface area contributed by atoms with E-state index in [9.17, 15) is 5.26 Å². The Morgan fingerprint density at radius 1 is 1.25 bits per heavy atom. The average Bonchev–Trinajstić information content (AvgIpc) is 3.01. The number of hydrogen-bond acceptors (Lipinski definition) is 3. The maximum atomic E-state index is 9.34. The summed E-state index contributed by atoms with van der Waals surface area (Å²) in [5.74, 6) is 0.812. The van der Waals surface area contributed by atoms with Crippen LogP contribution >= 0.6 is 15.9 Å². The normalized spacial score (nSPS) is 23.8. The molecular formula is C16H20BrN3. The molecule has 4 heteroatoms. The maximum Gasteiger partial charge on any atom is 0.103 e. The molecule has 3 nitrogen and oxygen atoms in total. The summed E-state index contributed by atoms with van der Waals surface area (Å²) < 4.78 is 0.900. The van der Waals surface area contributed by atoms with Crippen molar-refractivity contribution in [3.05, 3.63) is 28.2 Å². The summed E-state index contributed by atoms with van der Waals surface area (Å²) in [7, 11) is 0. The molecule has 2 heterocycles. The van der Waals surface area contributed by atoms with Crippen LogP contribution in [0.2, 0.25) is 0 Å². The molecule has 2 aliphatic rings. The standard InChI is InChI=1S/C16H20BrN3/c17-14-3-1-5-16(13(14)11-18)20-9-6-12(7-10-20)15-4-2-8-19-15/h1,3,5,12,15,19H,2,4,6-10H2. The first kappa shape index (κ1) is 13.9. The van der Waals surface area contributed by atoms with Crippen molar-refractivity contribution in [2.24, 2.45) is 5.92 Å². The molecule has 1 unspecified atom stereocenters. The van der Waals surface area contributed by atoms with Crippen molar-refractivity contribution in [2.75, 3.05) is 24.5 Å². The first-order valence-electron chi connectivity index (χ1n) is 7.46. The Hall–Kier alpha value is -1.05. The zero-order valence-corrected chi connectivity index (χ0v) is 13.2. The highest BCUT2D eigenvalue weighted by Crippen LogP contribution is 2.32. The van der Waals surface area contributed by atoms with Gasteiger partial charge in [0.2, 0.25) is 0 Å². The van der Waals surface area contributed by atoms with Crippen molar-refractivity contribution < 1.29 is 0 Å². The second-order valence-electron chi connectivity index (χ2n) is 5.77. The Morgan fingerprint density at radius 2 is 2.05 bits per heavy atom. The van der Waals surface area contributed by atoms with Gasteiger partial charge in [-0.05, 0) is 66.2 Å². The van der Waals surface area contributed by atoms with Crippen molar-refractivity contribution in [3.8, 4) is 6.07 Å². The quantitative estimate of drug-likeness (QED) is 0.902. The number of halogens is 1. The van der Waals surface area contributed by atoms with Gasteiger partial charge in [-0.2, -0.15) is 5.26 Å². The lowest BCUT2D eigenvalue weighted by atomic mass is 9.88. The summed E-state index contributed by atoms with van der Waals surface area (Å²) in [6.45, 7) is 3.32. The van der Waals surface area contributed by atoms with E-state index < -0.39 is 0 Å². The summed E-state index contributed by atoms with van der Waals surface area (Å²) in [5.41, 5.74) is 1.85. The predicted octanol–water partition coefficient (Wildman–Crippen LogP) is 3.29. The van der Waals surface area contributed by atoms with Gasteiger partial charge in [-0.15, -0.1) is 0 Å². The Balaban J connectivity index is 1.69. The molecule has 0 spiro atoms. The van der Waals surface area contributed by atoms with E-state index >= 15 is 0 Å². The van der Waals surface area contributed by atoms with Gasteiger partial charge >= 0.3 is 0 Å². The lowest BCUT2D eigenvalue weighted by molar-refractivity contribution is 0.319. The van der Waals surface area contributed by atoms with Crippen LogP contribution in [0.25, 0.3) is 0 Å². The minimum absolute atomic E-state index is 0.732. The van der Waals surface area contributed by atoms with Crippen LogP contribution < -0.4 is 10.2 Å². The van der Waals surface area contributed by atoms with Crippen molar-refractivity contribution in [3.63, 3.8) is 0 Å². The third-order valence-electron chi connectivity index (χ3n) is 4.65. The Kier molecular flexibility index (Phi) is 4.28. The van der Waals surface area contributed by atoms with Crippen molar-refractivity contribution >= 4 is 21.6 Å². The molecule has 0 radical (unpaired) electrons. The van der Waals surface area contributed by atoms with Gasteiger partial charge in [-0.25, -0.2) is 0 Å². The zero-order valence-electron chi connectivity index (χ0n) is 11.6. The molecule has 20 heavy (non-hydrogen) atoms. The average molecular weight is 334 g/mol. The second-order valence-corrected chi connectivity index (χ2v) is 6.63. The van der Waals surface area contributed by atoms with E-state index in [-0.39, 0.29) is 0 Å². The largest absolute Gasteiger partial charge is 0.370 e. The Bertz CT molecular complexity index is 509. The van der Waals surface area contributed by atoms with Gasteiger partial charge in [0.05, 0.1) is 11.3 Å². The first-order chi connectivity index (χ1) is 9.79. The number of nitrogens with zero attached hydrogens (tertiary/aromatic N) is 2. The van der Waals surface area contributed by atoms with Gasteiger partial charge in [0.15, 0.2) is 0 Å². The van der Waals surface area contributed by atoms with E-state index in [0.717, 1.165) is 40.8 Å². The lowest BCUT2D eigenvalue weighted by Gasteiger charge is -2.36. The van der Waals surface area contributed by atoms with E-state index in [2.05, 4.69) is 38.3 Å². The predicted molar refractivity (Wildman–Crippen MR) is 84.8 cm³/mol. The smallest absolute Gasteiger partial charge is 0.103 e. The van der Waals surface area contributed by atoms with E-state index in [0.29, 0.717) is 0 Å². The molecule has 2 saturated heterocycles. The van der Waals surface area contributed by atoms with Crippen LogP contribution in [0.3, 0.4) is 0 Å². The molecule has 0 amide bonds. The van der Waals surface area contributed by atoms with E-state index in [1.165, 1.54) is 32.2 Å². The van der Waals surface area contributed by atoms with Crippen LogP contribution in [0, 0.1) is 17.2 Å². The minimum Gasteiger partial charge on any atom is -0.370 e. The van der Waals surface area contributed by atoms with E-state index in [1.54, 1.807) is 0 Å². The topological polar surface area (TPSA) is 39.1 Å². The highest BCUT2D eigenvalue weighted by atomic mass is 79.9. The molecule has 3 rings (SSSR count). The number of rotatable bonds is 2. The number of nitrogens with one attached hydrogen (secondary N) is 1. The van der Waals surface area contributed by atoms with E-state index in [4.69, 9.17) is 0 Å². The van der Waals surface area contributed by atoms with Gasteiger partial charge in [-0.3, -0.25) is 0 Å². The molecule has 0 bridgehead atoms.